The number of nitrogens with two attached hydrogens (primary N) is 1. The van der Waals surface area contributed by atoms with Crippen LogP contribution in [-0.2, 0) is 9.47 Å². The molecule has 98 valence electrons. The molecule has 0 radical (unpaired) electrons. The molecule has 0 aromatic heterocycles. The van der Waals surface area contributed by atoms with E-state index in [-0.39, 0.29) is 11.6 Å². The maximum Gasteiger partial charge on any atom is 0.0910 e. The van der Waals surface area contributed by atoms with Gasteiger partial charge in [0.1, 0.15) is 0 Å². The van der Waals surface area contributed by atoms with Gasteiger partial charge in [-0.1, -0.05) is 18.1 Å². The zero-order valence-electron chi connectivity index (χ0n) is 10.9. The first-order chi connectivity index (χ1) is 8.28. The van der Waals surface area contributed by atoms with Crippen molar-refractivity contribution in [3.05, 3.63) is 11.6 Å². The molecule has 3 heteroatoms. The Morgan fingerprint density at radius 1 is 1.29 bits per heavy atom. The molecule has 1 aliphatic heterocycles. The molecule has 3 nitrogen and oxygen atoms in total. The average Bonchev–Trinajstić information content (AvgIpc) is 2.67. The molecule has 0 saturated carbocycles. The summed E-state index contributed by atoms with van der Waals surface area (Å²) in [6.45, 7) is 1.55. The summed E-state index contributed by atoms with van der Waals surface area (Å²) in [6, 6.07) is 0.0505. The van der Waals surface area contributed by atoms with E-state index < -0.39 is 0 Å². The van der Waals surface area contributed by atoms with E-state index in [4.69, 9.17) is 15.2 Å². The molecule has 1 saturated heterocycles. The van der Waals surface area contributed by atoms with Gasteiger partial charge in [0.05, 0.1) is 11.6 Å². The minimum atomic E-state index is -0.186. The van der Waals surface area contributed by atoms with Crippen molar-refractivity contribution in [3.63, 3.8) is 0 Å². The van der Waals surface area contributed by atoms with Gasteiger partial charge in [-0.15, -0.1) is 0 Å². The Bertz CT molecular complexity index is 269. The third kappa shape index (κ3) is 2.90. The Hall–Kier alpha value is -0.380. The largest absolute Gasteiger partial charge is 0.381 e. The fourth-order valence-corrected chi connectivity index (χ4v) is 3.02. The van der Waals surface area contributed by atoms with Crippen LogP contribution in [0.5, 0.6) is 0 Å². The second-order valence-corrected chi connectivity index (χ2v) is 5.24. The minimum Gasteiger partial charge on any atom is -0.381 e. The van der Waals surface area contributed by atoms with Crippen molar-refractivity contribution in [1.29, 1.82) is 0 Å². The van der Waals surface area contributed by atoms with Gasteiger partial charge in [-0.2, -0.15) is 0 Å². The van der Waals surface area contributed by atoms with E-state index in [1.54, 1.807) is 7.11 Å². The van der Waals surface area contributed by atoms with Crippen LogP contribution in [0.3, 0.4) is 0 Å². The van der Waals surface area contributed by atoms with Gasteiger partial charge in [0, 0.05) is 33.2 Å². The number of hydrogen-bond acceptors (Lipinski definition) is 3. The summed E-state index contributed by atoms with van der Waals surface area (Å²) in [5.74, 6) is 0. The molecule has 0 aromatic rings. The summed E-state index contributed by atoms with van der Waals surface area (Å²) in [5, 5.41) is 0. The molecule has 2 rings (SSSR count). The molecule has 2 aliphatic rings. The summed E-state index contributed by atoms with van der Waals surface area (Å²) < 4.78 is 11.2. The van der Waals surface area contributed by atoms with E-state index in [1.165, 1.54) is 31.3 Å². The number of ether oxygens (including phenoxy) is 2. The van der Waals surface area contributed by atoms with E-state index in [0.717, 1.165) is 32.5 Å². The normalized spacial score (nSPS) is 27.1. The average molecular weight is 239 g/mol. The molecule has 0 spiro atoms. The summed E-state index contributed by atoms with van der Waals surface area (Å²) >= 11 is 0. The first-order valence-electron chi connectivity index (χ1n) is 6.86. The molecule has 1 unspecified atom stereocenters. The van der Waals surface area contributed by atoms with E-state index in [1.807, 2.05) is 0 Å². The maximum absolute atomic E-state index is 6.49. The number of methoxy groups -OCH3 is 1. The SMILES string of the molecule is COC1(C(N)C2=CCCCCC2)CCOCC1. The quantitative estimate of drug-likeness (QED) is 0.769. The molecule has 0 amide bonds. The molecule has 1 fully saturated rings. The predicted molar refractivity (Wildman–Crippen MR) is 68.9 cm³/mol. The van der Waals surface area contributed by atoms with Crippen molar-refractivity contribution in [2.24, 2.45) is 5.73 Å². The van der Waals surface area contributed by atoms with Crippen LogP contribution in [0.15, 0.2) is 11.6 Å². The monoisotopic (exact) mass is 239 g/mol. The lowest BCUT2D eigenvalue weighted by molar-refractivity contribution is -0.0979. The van der Waals surface area contributed by atoms with Crippen molar-refractivity contribution in [1.82, 2.24) is 0 Å². The zero-order chi connectivity index (χ0) is 12.1. The molecule has 1 heterocycles. The van der Waals surface area contributed by atoms with Crippen molar-refractivity contribution >= 4 is 0 Å². The molecule has 0 aromatic carbocycles. The van der Waals surface area contributed by atoms with Gasteiger partial charge in [0.2, 0.25) is 0 Å². The van der Waals surface area contributed by atoms with Gasteiger partial charge in [0.15, 0.2) is 0 Å². The van der Waals surface area contributed by atoms with Crippen LogP contribution in [0, 0.1) is 0 Å². The van der Waals surface area contributed by atoms with Gasteiger partial charge in [-0.25, -0.2) is 0 Å². The third-order valence-corrected chi connectivity index (χ3v) is 4.29. The maximum atomic E-state index is 6.49. The lowest BCUT2D eigenvalue weighted by Gasteiger charge is -2.41. The molecule has 2 N–H and O–H groups in total. The van der Waals surface area contributed by atoms with Crippen molar-refractivity contribution in [2.75, 3.05) is 20.3 Å². The van der Waals surface area contributed by atoms with Gasteiger partial charge in [0.25, 0.3) is 0 Å². The lowest BCUT2D eigenvalue weighted by Crippen LogP contribution is -2.53. The van der Waals surface area contributed by atoms with Crippen molar-refractivity contribution in [3.8, 4) is 0 Å². The highest BCUT2D eigenvalue weighted by molar-refractivity contribution is 5.18. The van der Waals surface area contributed by atoms with Crippen molar-refractivity contribution < 1.29 is 9.47 Å². The molecule has 1 aliphatic carbocycles. The van der Waals surface area contributed by atoms with Crippen LogP contribution in [0.1, 0.15) is 44.9 Å². The number of allylic oxidation sites excluding steroid dienone is 1. The Morgan fingerprint density at radius 2 is 2.06 bits per heavy atom. The van der Waals surface area contributed by atoms with Gasteiger partial charge in [-0.05, 0) is 25.7 Å². The smallest absolute Gasteiger partial charge is 0.0910 e. The minimum absolute atomic E-state index is 0.0505. The number of hydrogen-bond donors (Lipinski definition) is 1. The van der Waals surface area contributed by atoms with Crippen LogP contribution < -0.4 is 5.73 Å². The Labute approximate surface area is 104 Å². The first kappa shape index (κ1) is 13.1. The van der Waals surface area contributed by atoms with Gasteiger partial charge < -0.3 is 15.2 Å². The van der Waals surface area contributed by atoms with Crippen LogP contribution in [-0.4, -0.2) is 32.0 Å². The van der Waals surface area contributed by atoms with Crippen LogP contribution >= 0.6 is 0 Å². The lowest BCUT2D eigenvalue weighted by atomic mass is 9.81. The summed E-state index contributed by atoms with van der Waals surface area (Å²) in [4.78, 5) is 0. The fourth-order valence-electron chi connectivity index (χ4n) is 3.02. The van der Waals surface area contributed by atoms with E-state index >= 15 is 0 Å². The summed E-state index contributed by atoms with van der Waals surface area (Å²) in [7, 11) is 1.79. The highest BCUT2D eigenvalue weighted by Gasteiger charge is 2.40. The summed E-state index contributed by atoms with van der Waals surface area (Å²) in [5.41, 5.74) is 7.71. The van der Waals surface area contributed by atoms with E-state index in [2.05, 4.69) is 6.08 Å². The summed E-state index contributed by atoms with van der Waals surface area (Å²) in [6.07, 6.45) is 10.4. The zero-order valence-corrected chi connectivity index (χ0v) is 10.9. The van der Waals surface area contributed by atoms with Crippen LogP contribution in [0.4, 0.5) is 0 Å². The van der Waals surface area contributed by atoms with Crippen molar-refractivity contribution in [2.45, 2.75) is 56.6 Å². The number of rotatable bonds is 3. The molecule has 1 atom stereocenters. The highest BCUT2D eigenvalue weighted by Crippen LogP contribution is 2.33. The molecule has 0 bridgehead atoms. The standard InChI is InChI=1S/C14H25NO2/c1-16-14(8-10-17-11-9-14)13(15)12-6-4-2-3-5-7-12/h6,13H,2-5,7-11,15H2,1H3. The van der Waals surface area contributed by atoms with Crippen LogP contribution in [0.2, 0.25) is 0 Å². The van der Waals surface area contributed by atoms with Gasteiger partial charge >= 0.3 is 0 Å². The van der Waals surface area contributed by atoms with Crippen LogP contribution in [0.25, 0.3) is 0 Å². The topological polar surface area (TPSA) is 44.5 Å². The fraction of sp³-hybridized carbons (Fsp3) is 0.857. The molecular weight excluding hydrogens is 214 g/mol. The Kier molecular flexibility index (Phi) is 4.60. The molecule has 17 heavy (non-hydrogen) atoms. The Balaban J connectivity index is 2.09. The highest BCUT2D eigenvalue weighted by atomic mass is 16.5. The van der Waals surface area contributed by atoms with E-state index in [9.17, 15) is 0 Å². The van der Waals surface area contributed by atoms with Gasteiger partial charge in [-0.3, -0.25) is 0 Å². The first-order valence-corrected chi connectivity index (χ1v) is 6.86. The second-order valence-electron chi connectivity index (χ2n) is 5.24. The predicted octanol–water partition coefficient (Wildman–Crippen LogP) is 2.40. The second kappa shape index (κ2) is 5.98. The van der Waals surface area contributed by atoms with E-state index in [0.29, 0.717) is 0 Å². The third-order valence-electron chi connectivity index (χ3n) is 4.29. The Morgan fingerprint density at radius 3 is 2.76 bits per heavy atom. The molecular formula is C14H25NO2.